The van der Waals surface area contributed by atoms with Crippen LogP contribution in [0.15, 0.2) is 54.6 Å². The maximum absolute atomic E-state index is 13.0. The van der Waals surface area contributed by atoms with E-state index >= 15 is 0 Å². The predicted octanol–water partition coefficient (Wildman–Crippen LogP) is 2.40. The Balaban J connectivity index is 1.79. The Hall–Kier alpha value is -2.77. The lowest BCUT2D eigenvalue weighted by Gasteiger charge is -2.32. The lowest BCUT2D eigenvalue weighted by Crippen LogP contribution is -2.39. The Morgan fingerprint density at radius 2 is 1.93 bits per heavy atom. The van der Waals surface area contributed by atoms with Crippen molar-refractivity contribution in [2.45, 2.75) is 25.0 Å². The van der Waals surface area contributed by atoms with Crippen LogP contribution in [0.25, 0.3) is 0 Å². The number of likely N-dealkylation sites (N-methyl/N-ethyl adjacent to an activating group) is 1. The molecule has 1 unspecified atom stereocenters. The number of para-hydroxylation sites is 1. The highest BCUT2D eigenvalue weighted by atomic mass is 16.6. The molecule has 1 heterocycles. The number of amides is 1. The van der Waals surface area contributed by atoms with Crippen molar-refractivity contribution < 1.29 is 14.8 Å². The Morgan fingerprint density at radius 1 is 1.25 bits per heavy atom. The van der Waals surface area contributed by atoms with Crippen molar-refractivity contribution in [1.29, 1.82) is 0 Å². The third-order valence-electron chi connectivity index (χ3n) is 5.25. The van der Waals surface area contributed by atoms with Crippen molar-refractivity contribution in [2.24, 2.45) is 0 Å². The molecule has 0 aliphatic carbocycles. The molecule has 1 amide bonds. The summed E-state index contributed by atoms with van der Waals surface area (Å²) in [5.41, 5.74) is 1.37. The number of aliphatic hydroxyl groups excluding tert-OH is 1. The van der Waals surface area contributed by atoms with E-state index < -0.39 is 4.92 Å². The number of nitro benzene ring substituents is 1. The smallest absolute Gasteiger partial charge is 0.273 e. The number of hydrogen-bond donors (Lipinski definition) is 1. The van der Waals surface area contributed by atoms with Gasteiger partial charge in [-0.15, -0.1) is 0 Å². The average Bonchev–Trinajstić information content (AvgIpc) is 3.11. The van der Waals surface area contributed by atoms with Crippen LogP contribution in [0.3, 0.4) is 0 Å². The Kier molecular flexibility index (Phi) is 6.38. The highest BCUT2D eigenvalue weighted by Crippen LogP contribution is 2.25. The first kappa shape index (κ1) is 20.0. The molecule has 1 N–H and O–H groups in total. The van der Waals surface area contributed by atoms with Gasteiger partial charge < -0.3 is 10.0 Å². The van der Waals surface area contributed by atoms with Crippen LogP contribution in [-0.4, -0.2) is 58.5 Å². The van der Waals surface area contributed by atoms with Crippen LogP contribution in [0, 0.1) is 10.1 Å². The van der Waals surface area contributed by atoms with Crippen LogP contribution in [-0.2, 0) is 11.2 Å². The van der Waals surface area contributed by atoms with Crippen LogP contribution in [0.5, 0.6) is 0 Å². The molecular weight excluding hydrogens is 358 g/mol. The molecule has 7 nitrogen and oxygen atoms in total. The van der Waals surface area contributed by atoms with Gasteiger partial charge in [0.25, 0.3) is 5.69 Å². The van der Waals surface area contributed by atoms with Crippen LogP contribution < -0.4 is 0 Å². The molecule has 3 rings (SSSR count). The quantitative estimate of drug-likeness (QED) is 0.586. The number of carbonyl (C=O) groups excluding carboxylic acids is 1. The number of aliphatic hydroxyl groups is 1. The zero-order valence-electron chi connectivity index (χ0n) is 15.9. The molecule has 28 heavy (non-hydrogen) atoms. The third-order valence-corrected chi connectivity index (χ3v) is 5.25. The minimum Gasteiger partial charge on any atom is -0.392 e. The molecule has 1 aliphatic heterocycles. The number of nitrogens with zero attached hydrogens (tertiary/aromatic N) is 3. The lowest BCUT2D eigenvalue weighted by atomic mass is 10.0. The number of β-amino-alcohol motifs (C(OH)–C–C–N with tert-alkyl or cyclic N) is 1. The van der Waals surface area contributed by atoms with E-state index in [0.717, 1.165) is 18.5 Å². The van der Waals surface area contributed by atoms with Gasteiger partial charge in [0.15, 0.2) is 0 Å². The Bertz CT molecular complexity index is 827. The summed E-state index contributed by atoms with van der Waals surface area (Å²) < 4.78 is 0. The van der Waals surface area contributed by atoms with Crippen molar-refractivity contribution >= 4 is 11.6 Å². The molecule has 0 bridgehead atoms. The van der Waals surface area contributed by atoms with Crippen LogP contribution in [0.2, 0.25) is 0 Å². The molecule has 1 fully saturated rings. The monoisotopic (exact) mass is 383 g/mol. The highest BCUT2D eigenvalue weighted by Gasteiger charge is 2.28. The summed E-state index contributed by atoms with van der Waals surface area (Å²) in [5, 5.41) is 21.1. The fraction of sp³-hybridized carbons (Fsp3) is 0.381. The van der Waals surface area contributed by atoms with E-state index in [2.05, 4.69) is 4.90 Å². The predicted molar refractivity (Wildman–Crippen MR) is 106 cm³/mol. The van der Waals surface area contributed by atoms with Gasteiger partial charge in [-0.25, -0.2) is 0 Å². The molecular formula is C21H25N3O4. The largest absolute Gasteiger partial charge is 0.392 e. The maximum Gasteiger partial charge on any atom is 0.273 e. The number of nitro groups is 1. The van der Waals surface area contributed by atoms with Crippen LogP contribution in [0.1, 0.15) is 23.6 Å². The van der Waals surface area contributed by atoms with Gasteiger partial charge in [-0.1, -0.05) is 48.5 Å². The van der Waals surface area contributed by atoms with Gasteiger partial charge >= 0.3 is 0 Å². The van der Waals surface area contributed by atoms with Crippen molar-refractivity contribution in [3.05, 3.63) is 75.8 Å². The first-order valence-electron chi connectivity index (χ1n) is 9.39. The Labute approximate surface area is 164 Å². The highest BCUT2D eigenvalue weighted by molar-refractivity contribution is 5.80. The second-order valence-corrected chi connectivity index (χ2v) is 7.20. The van der Waals surface area contributed by atoms with E-state index in [-0.39, 0.29) is 30.2 Å². The topological polar surface area (TPSA) is 86.9 Å². The van der Waals surface area contributed by atoms with Gasteiger partial charge in [0.1, 0.15) is 0 Å². The first-order chi connectivity index (χ1) is 13.5. The second-order valence-electron chi connectivity index (χ2n) is 7.20. The number of hydrogen-bond acceptors (Lipinski definition) is 5. The number of carbonyl (C=O) groups is 1. The maximum atomic E-state index is 13.0. The van der Waals surface area contributed by atoms with Crippen molar-refractivity contribution in [3.8, 4) is 0 Å². The van der Waals surface area contributed by atoms with Gasteiger partial charge in [0.2, 0.25) is 5.91 Å². The van der Waals surface area contributed by atoms with E-state index in [1.165, 1.54) is 6.07 Å². The standard InChI is InChI=1S/C21H25N3O4/c1-22(21(26)13-17-9-5-6-10-19(17)24(27)28)20(16-7-3-2-4-8-16)15-23-12-11-18(25)14-23/h2-10,18,20,25H,11-15H2,1H3/t18-,20?/m0/s1. The zero-order chi connectivity index (χ0) is 20.1. The summed E-state index contributed by atoms with van der Waals surface area (Å²) in [5.74, 6) is -0.178. The van der Waals surface area contributed by atoms with E-state index in [1.807, 2.05) is 30.3 Å². The zero-order valence-corrected chi connectivity index (χ0v) is 15.9. The van der Waals surface area contributed by atoms with Crippen molar-refractivity contribution in [1.82, 2.24) is 9.80 Å². The third kappa shape index (κ3) is 4.74. The fourth-order valence-corrected chi connectivity index (χ4v) is 3.65. The van der Waals surface area contributed by atoms with E-state index in [1.54, 1.807) is 30.1 Å². The SMILES string of the molecule is CN(C(=O)Cc1ccccc1[N+](=O)[O-])C(CN1CC[C@H](O)C1)c1ccccc1. The summed E-state index contributed by atoms with van der Waals surface area (Å²) in [4.78, 5) is 27.6. The summed E-state index contributed by atoms with van der Waals surface area (Å²) >= 11 is 0. The molecule has 2 aromatic carbocycles. The van der Waals surface area contributed by atoms with Crippen molar-refractivity contribution in [3.63, 3.8) is 0 Å². The van der Waals surface area contributed by atoms with Crippen LogP contribution in [0.4, 0.5) is 5.69 Å². The molecule has 1 saturated heterocycles. The van der Waals surface area contributed by atoms with E-state index in [9.17, 15) is 20.0 Å². The van der Waals surface area contributed by atoms with Gasteiger partial charge in [0.05, 0.1) is 23.5 Å². The van der Waals surface area contributed by atoms with E-state index in [0.29, 0.717) is 18.7 Å². The average molecular weight is 383 g/mol. The summed E-state index contributed by atoms with van der Waals surface area (Å²) in [7, 11) is 1.74. The molecule has 0 aromatic heterocycles. The number of likely N-dealkylation sites (tertiary alicyclic amines) is 1. The van der Waals surface area contributed by atoms with Gasteiger partial charge in [-0.3, -0.25) is 19.8 Å². The van der Waals surface area contributed by atoms with Gasteiger partial charge in [-0.05, 0) is 12.0 Å². The second kappa shape index (κ2) is 8.95. The summed E-state index contributed by atoms with van der Waals surface area (Å²) in [6.07, 6.45) is 0.374. The summed E-state index contributed by atoms with van der Waals surface area (Å²) in [6.45, 7) is 1.99. The fourth-order valence-electron chi connectivity index (χ4n) is 3.65. The number of rotatable bonds is 7. The van der Waals surface area contributed by atoms with Gasteiger partial charge in [-0.2, -0.15) is 0 Å². The van der Waals surface area contributed by atoms with Crippen molar-refractivity contribution in [2.75, 3.05) is 26.7 Å². The molecule has 0 saturated carbocycles. The Morgan fingerprint density at radius 3 is 2.57 bits per heavy atom. The minimum absolute atomic E-state index is 0.0282. The molecule has 0 spiro atoms. The molecule has 7 heteroatoms. The molecule has 148 valence electrons. The van der Waals surface area contributed by atoms with E-state index in [4.69, 9.17) is 0 Å². The molecule has 2 aromatic rings. The number of benzene rings is 2. The molecule has 2 atom stereocenters. The minimum atomic E-state index is -0.455. The first-order valence-corrected chi connectivity index (χ1v) is 9.39. The lowest BCUT2D eigenvalue weighted by molar-refractivity contribution is -0.385. The normalized spacial score (nSPS) is 18.0. The molecule has 1 aliphatic rings. The molecule has 0 radical (unpaired) electrons. The van der Waals surface area contributed by atoms with Crippen LogP contribution >= 0.6 is 0 Å². The van der Waals surface area contributed by atoms with Gasteiger partial charge in [0, 0.05) is 38.3 Å². The summed E-state index contributed by atoms with van der Waals surface area (Å²) in [6, 6.07) is 15.9.